The van der Waals surface area contributed by atoms with Gasteiger partial charge in [-0.15, -0.1) is 0 Å². The van der Waals surface area contributed by atoms with Crippen LogP contribution in [-0.2, 0) is 6.54 Å². The van der Waals surface area contributed by atoms with Crippen molar-refractivity contribution in [3.05, 3.63) is 54.0 Å². The molecule has 1 N–H and O–H groups in total. The van der Waals surface area contributed by atoms with Crippen LogP contribution in [0.3, 0.4) is 0 Å². The lowest BCUT2D eigenvalue weighted by molar-refractivity contribution is 0.0952. The lowest BCUT2D eigenvalue weighted by Crippen LogP contribution is -2.22. The normalized spacial score (nSPS) is 12.5. The van der Waals surface area contributed by atoms with E-state index < -0.39 is 0 Å². The number of nitrogens with zero attached hydrogens (tertiary/aromatic N) is 3. The van der Waals surface area contributed by atoms with E-state index in [2.05, 4.69) is 15.4 Å². The number of carbonyl (C=O) groups excluding carboxylic acids is 1. The second-order valence-electron chi connectivity index (χ2n) is 4.82. The summed E-state index contributed by atoms with van der Waals surface area (Å²) in [4.78, 5) is 16.4. The van der Waals surface area contributed by atoms with E-state index in [-0.39, 0.29) is 12.7 Å². The highest BCUT2D eigenvalue weighted by Gasteiger charge is 2.15. The molecule has 0 aliphatic carbocycles. The molecular weight excluding hydrogens is 284 g/mol. The highest BCUT2D eigenvalue weighted by molar-refractivity contribution is 5.99. The molecule has 7 heteroatoms. The molecule has 2 aromatic heterocycles. The topological polar surface area (TPSA) is 77.8 Å². The largest absolute Gasteiger partial charge is 0.454 e. The van der Waals surface area contributed by atoms with Crippen LogP contribution in [0.1, 0.15) is 15.9 Å². The Morgan fingerprint density at radius 2 is 2.23 bits per heavy atom. The van der Waals surface area contributed by atoms with Gasteiger partial charge in [-0.2, -0.15) is 5.10 Å². The van der Waals surface area contributed by atoms with Gasteiger partial charge in [-0.1, -0.05) is 6.07 Å². The summed E-state index contributed by atoms with van der Waals surface area (Å²) in [6, 6.07) is 7.34. The molecule has 0 radical (unpaired) electrons. The maximum absolute atomic E-state index is 12.3. The fourth-order valence-electron chi connectivity index (χ4n) is 2.32. The molecule has 0 bridgehead atoms. The van der Waals surface area contributed by atoms with Gasteiger partial charge in [-0.05, 0) is 23.8 Å². The van der Waals surface area contributed by atoms with E-state index in [1.807, 2.05) is 18.2 Å². The first kappa shape index (κ1) is 12.6. The molecule has 0 fully saturated rings. The van der Waals surface area contributed by atoms with E-state index in [0.29, 0.717) is 23.5 Å². The third kappa shape index (κ3) is 2.12. The van der Waals surface area contributed by atoms with Crippen molar-refractivity contribution in [3.8, 4) is 11.5 Å². The van der Waals surface area contributed by atoms with Gasteiger partial charge < -0.3 is 14.8 Å². The Morgan fingerprint density at radius 3 is 3.18 bits per heavy atom. The monoisotopic (exact) mass is 296 g/mol. The van der Waals surface area contributed by atoms with Crippen molar-refractivity contribution in [2.75, 3.05) is 6.79 Å². The van der Waals surface area contributed by atoms with Crippen LogP contribution < -0.4 is 14.8 Å². The van der Waals surface area contributed by atoms with Crippen molar-refractivity contribution in [3.63, 3.8) is 0 Å². The zero-order valence-electron chi connectivity index (χ0n) is 11.5. The van der Waals surface area contributed by atoms with Crippen LogP contribution in [0.2, 0.25) is 0 Å². The first-order valence-electron chi connectivity index (χ1n) is 6.76. The molecule has 3 aromatic rings. The van der Waals surface area contributed by atoms with Crippen LogP contribution in [-0.4, -0.2) is 27.3 Å². The summed E-state index contributed by atoms with van der Waals surface area (Å²) >= 11 is 0. The number of carbonyl (C=O) groups is 1. The van der Waals surface area contributed by atoms with Crippen molar-refractivity contribution in [1.29, 1.82) is 0 Å². The molecule has 0 atom stereocenters. The molecule has 22 heavy (non-hydrogen) atoms. The van der Waals surface area contributed by atoms with Gasteiger partial charge >= 0.3 is 0 Å². The molecule has 1 aliphatic rings. The summed E-state index contributed by atoms with van der Waals surface area (Å²) < 4.78 is 12.1. The van der Waals surface area contributed by atoms with Gasteiger partial charge in [-0.3, -0.25) is 4.79 Å². The Bertz CT molecular complexity index is 859. The first-order chi connectivity index (χ1) is 10.8. The Kier molecular flexibility index (Phi) is 2.89. The van der Waals surface area contributed by atoms with E-state index in [1.54, 1.807) is 23.0 Å². The minimum Gasteiger partial charge on any atom is -0.454 e. The molecule has 110 valence electrons. The van der Waals surface area contributed by atoms with Gasteiger partial charge in [0.1, 0.15) is 5.56 Å². The Balaban J connectivity index is 1.50. The molecule has 7 nitrogen and oxygen atoms in total. The number of benzene rings is 1. The van der Waals surface area contributed by atoms with Crippen LogP contribution in [0.15, 0.2) is 42.9 Å². The quantitative estimate of drug-likeness (QED) is 0.790. The van der Waals surface area contributed by atoms with Gasteiger partial charge in [0.15, 0.2) is 17.1 Å². The average Bonchev–Trinajstić information content (AvgIpc) is 3.18. The molecule has 0 unspecified atom stereocenters. The summed E-state index contributed by atoms with van der Waals surface area (Å²) in [5.41, 5.74) is 1.91. The summed E-state index contributed by atoms with van der Waals surface area (Å²) in [5.74, 6) is 1.21. The summed E-state index contributed by atoms with van der Waals surface area (Å²) in [7, 11) is 0. The number of aromatic nitrogens is 3. The van der Waals surface area contributed by atoms with Gasteiger partial charge in [-0.25, -0.2) is 9.50 Å². The SMILES string of the molecule is O=C(NCc1ccc2c(c1)OCO2)c1cnn2cccnc12. The van der Waals surface area contributed by atoms with Crippen molar-refractivity contribution >= 4 is 11.6 Å². The molecule has 0 saturated heterocycles. The maximum atomic E-state index is 12.3. The second kappa shape index (κ2) is 5.03. The number of hydrogen-bond acceptors (Lipinski definition) is 5. The molecule has 1 amide bonds. The van der Waals surface area contributed by atoms with Crippen LogP contribution >= 0.6 is 0 Å². The maximum Gasteiger partial charge on any atom is 0.257 e. The van der Waals surface area contributed by atoms with Crippen LogP contribution in [0.4, 0.5) is 0 Å². The zero-order chi connectivity index (χ0) is 14.9. The molecule has 1 aromatic carbocycles. The summed E-state index contributed by atoms with van der Waals surface area (Å²) in [6.07, 6.45) is 4.89. The first-order valence-corrected chi connectivity index (χ1v) is 6.76. The highest BCUT2D eigenvalue weighted by atomic mass is 16.7. The van der Waals surface area contributed by atoms with E-state index in [4.69, 9.17) is 9.47 Å². The van der Waals surface area contributed by atoms with Crippen LogP contribution in [0, 0.1) is 0 Å². The Hall–Kier alpha value is -3.09. The predicted molar refractivity (Wildman–Crippen MR) is 76.7 cm³/mol. The third-order valence-corrected chi connectivity index (χ3v) is 3.41. The molecule has 4 rings (SSSR count). The molecule has 3 heterocycles. The minimum absolute atomic E-state index is 0.216. The van der Waals surface area contributed by atoms with Gasteiger partial charge in [0.2, 0.25) is 6.79 Å². The number of nitrogens with one attached hydrogen (secondary N) is 1. The molecular formula is C15H12N4O3. The third-order valence-electron chi connectivity index (χ3n) is 3.41. The standard InChI is InChI=1S/C15H12N4O3/c20-15(11-8-18-19-5-1-4-16-14(11)19)17-7-10-2-3-12-13(6-10)22-9-21-12/h1-6,8H,7,9H2,(H,17,20). The van der Waals surface area contributed by atoms with Crippen molar-refractivity contribution in [2.45, 2.75) is 6.54 Å². The van der Waals surface area contributed by atoms with E-state index >= 15 is 0 Å². The van der Waals surface area contributed by atoms with Crippen LogP contribution in [0.25, 0.3) is 5.65 Å². The molecule has 1 aliphatic heterocycles. The van der Waals surface area contributed by atoms with E-state index in [1.165, 1.54) is 6.20 Å². The van der Waals surface area contributed by atoms with E-state index in [0.717, 1.165) is 11.3 Å². The van der Waals surface area contributed by atoms with Crippen LogP contribution in [0.5, 0.6) is 11.5 Å². The fourth-order valence-corrected chi connectivity index (χ4v) is 2.32. The second-order valence-corrected chi connectivity index (χ2v) is 4.82. The lowest BCUT2D eigenvalue weighted by atomic mass is 10.2. The number of fused-ring (bicyclic) bond motifs is 2. The van der Waals surface area contributed by atoms with Crippen molar-refractivity contribution < 1.29 is 14.3 Å². The molecule has 0 spiro atoms. The predicted octanol–water partition coefficient (Wildman–Crippen LogP) is 1.39. The number of amides is 1. The molecule has 0 saturated carbocycles. The average molecular weight is 296 g/mol. The lowest BCUT2D eigenvalue weighted by Gasteiger charge is -2.05. The van der Waals surface area contributed by atoms with Gasteiger partial charge in [0.25, 0.3) is 5.91 Å². The van der Waals surface area contributed by atoms with Gasteiger partial charge in [0.05, 0.1) is 6.20 Å². The number of hydrogen-bond donors (Lipinski definition) is 1. The zero-order valence-corrected chi connectivity index (χ0v) is 11.5. The van der Waals surface area contributed by atoms with Gasteiger partial charge in [0, 0.05) is 18.9 Å². The summed E-state index contributed by atoms with van der Waals surface area (Å²) in [6.45, 7) is 0.624. The fraction of sp³-hybridized carbons (Fsp3) is 0.133. The number of ether oxygens (including phenoxy) is 2. The highest BCUT2D eigenvalue weighted by Crippen LogP contribution is 2.32. The van der Waals surface area contributed by atoms with E-state index in [9.17, 15) is 4.79 Å². The smallest absolute Gasteiger partial charge is 0.257 e. The minimum atomic E-state index is -0.216. The Labute approximate surface area is 125 Å². The number of rotatable bonds is 3. The summed E-state index contributed by atoms with van der Waals surface area (Å²) in [5, 5.41) is 6.95. The Morgan fingerprint density at radius 1 is 1.32 bits per heavy atom. The van der Waals surface area contributed by atoms with Crippen molar-refractivity contribution in [1.82, 2.24) is 19.9 Å². The van der Waals surface area contributed by atoms with Crippen molar-refractivity contribution in [2.24, 2.45) is 0 Å².